The summed E-state index contributed by atoms with van der Waals surface area (Å²) >= 11 is 0. The van der Waals surface area contributed by atoms with E-state index >= 15 is 0 Å². The van der Waals surface area contributed by atoms with E-state index in [-0.39, 0.29) is 36.7 Å². The third kappa shape index (κ3) is 6.43. The van der Waals surface area contributed by atoms with Gasteiger partial charge in [-0.15, -0.1) is 30.7 Å². The van der Waals surface area contributed by atoms with E-state index in [4.69, 9.17) is 9.47 Å². The van der Waals surface area contributed by atoms with Gasteiger partial charge in [0.1, 0.15) is 18.5 Å². The molecule has 2 aromatic heterocycles. The summed E-state index contributed by atoms with van der Waals surface area (Å²) in [4.78, 5) is 4.46. The lowest BCUT2D eigenvalue weighted by Crippen LogP contribution is -2.41. The van der Waals surface area contributed by atoms with Crippen molar-refractivity contribution in [2.45, 2.75) is 38.8 Å². The maximum Gasteiger partial charge on any atom is 0.573 e. The van der Waals surface area contributed by atoms with Crippen LogP contribution in [0.25, 0.3) is 5.65 Å². The van der Waals surface area contributed by atoms with Gasteiger partial charge in [-0.1, -0.05) is 32.0 Å². The molecular formula is C22H27ClF3N5O3. The van der Waals surface area contributed by atoms with Crippen LogP contribution in [0.2, 0.25) is 0 Å². The molecule has 1 unspecified atom stereocenters. The minimum atomic E-state index is -4.77. The molecule has 0 bridgehead atoms. The number of nitrogens with one attached hydrogen (secondary N) is 2. The van der Waals surface area contributed by atoms with Crippen molar-refractivity contribution in [2.24, 2.45) is 0 Å². The number of fused-ring (bicyclic) bond motifs is 1. The van der Waals surface area contributed by atoms with Crippen molar-refractivity contribution in [2.75, 3.05) is 31.6 Å². The second-order valence-electron chi connectivity index (χ2n) is 7.99. The van der Waals surface area contributed by atoms with Gasteiger partial charge in [0.15, 0.2) is 5.65 Å². The summed E-state index contributed by atoms with van der Waals surface area (Å²) in [6.45, 7) is 6.57. The number of aromatic nitrogens is 3. The second kappa shape index (κ2) is 11.1. The van der Waals surface area contributed by atoms with Crippen LogP contribution in [0, 0.1) is 0 Å². The van der Waals surface area contributed by atoms with Crippen LogP contribution in [0.1, 0.15) is 31.0 Å². The minimum Gasteiger partial charge on any atom is -0.474 e. The summed E-state index contributed by atoms with van der Waals surface area (Å²) < 4.78 is 55.7. The van der Waals surface area contributed by atoms with Crippen LogP contribution in [0.5, 0.6) is 11.6 Å². The van der Waals surface area contributed by atoms with Crippen molar-refractivity contribution in [3.05, 3.63) is 47.8 Å². The number of benzene rings is 1. The van der Waals surface area contributed by atoms with E-state index in [0.29, 0.717) is 42.5 Å². The van der Waals surface area contributed by atoms with Gasteiger partial charge in [0.2, 0.25) is 5.88 Å². The van der Waals surface area contributed by atoms with E-state index in [1.165, 1.54) is 12.1 Å². The maximum atomic E-state index is 12.8. The molecular weight excluding hydrogens is 475 g/mol. The Morgan fingerprint density at radius 2 is 2.09 bits per heavy atom. The highest BCUT2D eigenvalue weighted by atomic mass is 35.5. The topological polar surface area (TPSA) is 81.9 Å². The quantitative estimate of drug-likeness (QED) is 0.480. The van der Waals surface area contributed by atoms with Crippen LogP contribution in [-0.4, -0.2) is 53.4 Å². The van der Waals surface area contributed by atoms with Gasteiger partial charge in [-0.25, -0.2) is 9.50 Å². The third-order valence-corrected chi connectivity index (χ3v) is 5.15. The lowest BCUT2D eigenvalue weighted by atomic mass is 10.1. The number of nitrogens with zero attached hydrogens (tertiary/aromatic N) is 3. The van der Waals surface area contributed by atoms with Gasteiger partial charge < -0.3 is 24.8 Å². The summed E-state index contributed by atoms with van der Waals surface area (Å²) in [5.41, 5.74) is 2.37. The van der Waals surface area contributed by atoms with E-state index in [0.717, 1.165) is 12.2 Å². The Hall–Kier alpha value is -2.76. The molecule has 3 aromatic rings. The molecule has 0 aliphatic carbocycles. The van der Waals surface area contributed by atoms with Crippen LogP contribution >= 0.6 is 12.4 Å². The van der Waals surface area contributed by atoms with Gasteiger partial charge in [0, 0.05) is 31.3 Å². The number of para-hydroxylation sites is 1. The van der Waals surface area contributed by atoms with Crippen molar-refractivity contribution < 1.29 is 27.4 Å². The Kier molecular flexibility index (Phi) is 8.45. The highest BCUT2D eigenvalue weighted by Gasteiger charge is 2.32. The van der Waals surface area contributed by atoms with Crippen molar-refractivity contribution in [3.63, 3.8) is 0 Å². The van der Waals surface area contributed by atoms with Crippen molar-refractivity contribution in [1.29, 1.82) is 0 Å². The fourth-order valence-electron chi connectivity index (χ4n) is 3.53. The molecule has 1 aliphatic heterocycles. The van der Waals surface area contributed by atoms with E-state index in [9.17, 15) is 13.2 Å². The highest BCUT2D eigenvalue weighted by Crippen LogP contribution is 2.29. The van der Waals surface area contributed by atoms with Gasteiger partial charge in [-0.2, -0.15) is 0 Å². The molecule has 34 heavy (non-hydrogen) atoms. The van der Waals surface area contributed by atoms with Gasteiger partial charge in [0.25, 0.3) is 0 Å². The predicted octanol–water partition coefficient (Wildman–Crippen LogP) is 4.15. The number of ether oxygens (including phenoxy) is 3. The smallest absolute Gasteiger partial charge is 0.474 e. The van der Waals surface area contributed by atoms with Crippen LogP contribution in [0.3, 0.4) is 0 Å². The first-order valence-corrected chi connectivity index (χ1v) is 10.7. The Morgan fingerprint density at radius 1 is 1.29 bits per heavy atom. The molecule has 0 amide bonds. The standard InChI is InChI=1S/C22H26F3N5O3.ClH/c1-14(2)18-12-28-21-17(27-10-15-5-3-4-6-19(15)33-22(23,24)25)9-20(29-30(18)21)32-13-16-11-26-7-8-31-16;/h3-6,9,12,14,16,26-27H,7-8,10-11,13H2,1-2H3;1H. The summed E-state index contributed by atoms with van der Waals surface area (Å²) in [5, 5.41) is 11.0. The Morgan fingerprint density at radius 3 is 2.79 bits per heavy atom. The number of alkyl halides is 3. The van der Waals surface area contributed by atoms with Crippen molar-refractivity contribution >= 4 is 23.7 Å². The van der Waals surface area contributed by atoms with Gasteiger partial charge in [-0.05, 0) is 12.0 Å². The molecule has 0 saturated carbocycles. The maximum absolute atomic E-state index is 12.8. The number of rotatable bonds is 8. The predicted molar refractivity (Wildman–Crippen MR) is 123 cm³/mol. The van der Waals surface area contributed by atoms with E-state index in [2.05, 4.69) is 25.5 Å². The average Bonchev–Trinajstić information content (AvgIpc) is 3.21. The Balaban J connectivity index is 0.00000324. The Bertz CT molecular complexity index is 1090. The molecule has 1 fully saturated rings. The van der Waals surface area contributed by atoms with Gasteiger partial charge in [0.05, 0.1) is 24.2 Å². The van der Waals surface area contributed by atoms with Gasteiger partial charge >= 0.3 is 6.36 Å². The SMILES string of the molecule is CC(C)c1cnc2c(NCc3ccccc3OC(F)(F)F)cc(OCC3CNCCO3)nn12.Cl. The number of anilines is 1. The van der Waals surface area contributed by atoms with Crippen LogP contribution < -0.4 is 20.1 Å². The first kappa shape index (κ1) is 25.9. The zero-order chi connectivity index (χ0) is 23.4. The Labute approximate surface area is 201 Å². The van der Waals surface area contributed by atoms with Gasteiger partial charge in [-0.3, -0.25) is 0 Å². The number of imidazole rings is 1. The van der Waals surface area contributed by atoms with Crippen molar-refractivity contribution in [3.8, 4) is 11.6 Å². The number of hydrogen-bond acceptors (Lipinski definition) is 7. The number of hydrogen-bond donors (Lipinski definition) is 2. The summed E-state index contributed by atoms with van der Waals surface area (Å²) in [6, 6.07) is 7.69. The summed E-state index contributed by atoms with van der Waals surface area (Å²) in [5.74, 6) is 0.258. The molecule has 1 aliphatic rings. The summed E-state index contributed by atoms with van der Waals surface area (Å²) in [6.07, 6.45) is -3.13. The van der Waals surface area contributed by atoms with Crippen LogP contribution in [-0.2, 0) is 11.3 Å². The molecule has 0 radical (unpaired) electrons. The molecule has 2 N–H and O–H groups in total. The number of morpholine rings is 1. The molecule has 8 nitrogen and oxygen atoms in total. The first-order chi connectivity index (χ1) is 15.8. The highest BCUT2D eigenvalue weighted by molar-refractivity contribution is 5.85. The molecule has 0 spiro atoms. The molecule has 4 rings (SSSR count). The second-order valence-corrected chi connectivity index (χ2v) is 7.99. The summed E-state index contributed by atoms with van der Waals surface area (Å²) in [7, 11) is 0. The molecule has 1 atom stereocenters. The van der Waals surface area contributed by atoms with Crippen LogP contribution in [0.15, 0.2) is 36.5 Å². The fraction of sp³-hybridized carbons (Fsp3) is 0.455. The molecule has 186 valence electrons. The van der Waals surface area contributed by atoms with Crippen molar-refractivity contribution in [1.82, 2.24) is 19.9 Å². The first-order valence-electron chi connectivity index (χ1n) is 10.7. The lowest BCUT2D eigenvalue weighted by Gasteiger charge is -2.23. The largest absolute Gasteiger partial charge is 0.573 e. The van der Waals surface area contributed by atoms with E-state index in [1.54, 1.807) is 28.9 Å². The minimum absolute atomic E-state index is 0. The molecule has 3 heterocycles. The fourth-order valence-corrected chi connectivity index (χ4v) is 3.53. The molecule has 1 aromatic carbocycles. The average molecular weight is 502 g/mol. The van der Waals surface area contributed by atoms with E-state index < -0.39 is 6.36 Å². The zero-order valence-corrected chi connectivity index (χ0v) is 19.6. The van der Waals surface area contributed by atoms with E-state index in [1.807, 2.05) is 13.8 Å². The molecule has 1 saturated heterocycles. The molecule has 12 heteroatoms. The number of halogens is 4. The zero-order valence-electron chi connectivity index (χ0n) is 18.8. The monoisotopic (exact) mass is 501 g/mol. The normalized spacial score (nSPS) is 16.4. The third-order valence-electron chi connectivity index (χ3n) is 5.15. The van der Waals surface area contributed by atoms with Crippen LogP contribution in [0.4, 0.5) is 18.9 Å². The lowest BCUT2D eigenvalue weighted by molar-refractivity contribution is -0.274.